The molecule has 0 saturated carbocycles. The van der Waals surface area contributed by atoms with Gasteiger partial charge in [-0.15, -0.1) is 0 Å². The first-order valence-electron chi connectivity index (χ1n) is 7.70. The summed E-state index contributed by atoms with van der Waals surface area (Å²) in [7, 11) is 3.21. The zero-order valence-electron chi connectivity index (χ0n) is 13.9. The van der Waals surface area contributed by atoms with E-state index in [0.29, 0.717) is 23.8 Å². The minimum absolute atomic E-state index is 0.309. The summed E-state index contributed by atoms with van der Waals surface area (Å²) in [6.07, 6.45) is 0. The largest absolute Gasteiger partial charge is 0.495 e. The zero-order valence-corrected chi connectivity index (χ0v) is 13.9. The van der Waals surface area contributed by atoms with Gasteiger partial charge in [-0.1, -0.05) is 24.3 Å². The molecule has 0 aliphatic rings. The van der Waals surface area contributed by atoms with E-state index >= 15 is 0 Å². The monoisotopic (exact) mass is 325 g/mol. The van der Waals surface area contributed by atoms with Crippen LogP contribution in [-0.2, 0) is 4.74 Å². The molecule has 0 aliphatic heterocycles. The van der Waals surface area contributed by atoms with Crippen molar-refractivity contribution in [2.75, 3.05) is 20.8 Å². The van der Waals surface area contributed by atoms with Crippen molar-refractivity contribution in [3.05, 3.63) is 54.2 Å². The summed E-state index contributed by atoms with van der Waals surface area (Å²) in [6.45, 7) is 2.10. The Labute approximate surface area is 140 Å². The number of methoxy groups -OCH3 is 2. The highest BCUT2D eigenvalue weighted by atomic mass is 16.5. The fourth-order valence-electron chi connectivity index (χ4n) is 2.81. The molecule has 0 unspecified atom stereocenters. The summed E-state index contributed by atoms with van der Waals surface area (Å²) in [5, 5.41) is 0.892. The third-order valence-corrected chi connectivity index (χ3v) is 3.82. The van der Waals surface area contributed by atoms with Crippen LogP contribution in [0.3, 0.4) is 0 Å². The van der Waals surface area contributed by atoms with E-state index in [1.807, 2.05) is 53.1 Å². The number of nitrogens with zero attached hydrogens (tertiary/aromatic N) is 1. The van der Waals surface area contributed by atoms with Gasteiger partial charge in [0.1, 0.15) is 17.2 Å². The van der Waals surface area contributed by atoms with Crippen LogP contribution in [-0.4, -0.2) is 31.4 Å². The lowest BCUT2D eigenvalue weighted by Crippen LogP contribution is -2.11. The number of carbonyl (C=O) groups excluding carboxylic acids is 1. The van der Waals surface area contributed by atoms with Crippen LogP contribution in [0.15, 0.2) is 48.5 Å². The third-order valence-electron chi connectivity index (χ3n) is 3.82. The van der Waals surface area contributed by atoms with Crippen LogP contribution in [0.1, 0.15) is 17.4 Å². The van der Waals surface area contributed by atoms with Crippen molar-refractivity contribution in [2.24, 2.45) is 0 Å². The molecule has 0 saturated heterocycles. The zero-order chi connectivity index (χ0) is 17.1. The van der Waals surface area contributed by atoms with Crippen LogP contribution in [0.25, 0.3) is 16.6 Å². The molecular weight excluding hydrogens is 306 g/mol. The van der Waals surface area contributed by atoms with E-state index in [9.17, 15) is 4.79 Å². The second-order valence-electron chi connectivity index (χ2n) is 5.16. The molecule has 0 spiro atoms. The molecule has 3 rings (SSSR count). The van der Waals surface area contributed by atoms with Crippen molar-refractivity contribution in [1.29, 1.82) is 0 Å². The minimum atomic E-state index is -0.387. The summed E-state index contributed by atoms with van der Waals surface area (Å²) < 4.78 is 18.0. The van der Waals surface area contributed by atoms with Crippen LogP contribution in [0.5, 0.6) is 11.5 Å². The molecule has 1 heterocycles. The van der Waals surface area contributed by atoms with Gasteiger partial charge in [-0.25, -0.2) is 4.79 Å². The van der Waals surface area contributed by atoms with Gasteiger partial charge in [0.2, 0.25) is 0 Å². The predicted octanol–water partition coefficient (Wildman–Crippen LogP) is 3.82. The van der Waals surface area contributed by atoms with Crippen molar-refractivity contribution in [3.8, 4) is 17.2 Å². The van der Waals surface area contributed by atoms with Crippen molar-refractivity contribution in [1.82, 2.24) is 4.57 Å². The smallest absolute Gasteiger partial charge is 0.355 e. The number of para-hydroxylation sites is 3. The summed E-state index contributed by atoms with van der Waals surface area (Å²) in [6, 6.07) is 15.0. The maximum atomic E-state index is 12.5. The van der Waals surface area contributed by atoms with Gasteiger partial charge < -0.3 is 14.2 Å². The van der Waals surface area contributed by atoms with E-state index in [1.54, 1.807) is 21.1 Å². The van der Waals surface area contributed by atoms with Gasteiger partial charge in [0, 0.05) is 5.39 Å². The molecule has 0 radical (unpaired) electrons. The van der Waals surface area contributed by atoms with Gasteiger partial charge in [0.25, 0.3) is 0 Å². The number of rotatable bonds is 5. The Balaban J connectivity index is 2.38. The SMILES string of the molecule is CCOC(=O)c1cc2cccc(OC)c2n1-c1ccccc1OC. The number of benzene rings is 2. The van der Waals surface area contributed by atoms with Crippen LogP contribution in [0.4, 0.5) is 0 Å². The first-order chi connectivity index (χ1) is 11.7. The highest BCUT2D eigenvalue weighted by Crippen LogP contribution is 2.35. The molecule has 124 valence electrons. The normalized spacial score (nSPS) is 10.6. The molecular formula is C19H19NO4. The van der Waals surface area contributed by atoms with E-state index in [0.717, 1.165) is 16.6 Å². The van der Waals surface area contributed by atoms with Crippen LogP contribution in [0.2, 0.25) is 0 Å². The van der Waals surface area contributed by atoms with Gasteiger partial charge in [-0.2, -0.15) is 0 Å². The van der Waals surface area contributed by atoms with E-state index < -0.39 is 0 Å². The van der Waals surface area contributed by atoms with E-state index in [2.05, 4.69) is 0 Å². The molecule has 0 amide bonds. The third kappa shape index (κ3) is 2.58. The number of fused-ring (bicyclic) bond motifs is 1. The lowest BCUT2D eigenvalue weighted by molar-refractivity contribution is 0.0517. The van der Waals surface area contributed by atoms with Gasteiger partial charge in [0.05, 0.1) is 32.0 Å². The van der Waals surface area contributed by atoms with E-state index in [-0.39, 0.29) is 5.97 Å². The highest BCUT2D eigenvalue weighted by molar-refractivity contribution is 5.99. The highest BCUT2D eigenvalue weighted by Gasteiger charge is 2.22. The topological polar surface area (TPSA) is 49.7 Å². The average molecular weight is 325 g/mol. The first-order valence-corrected chi connectivity index (χ1v) is 7.70. The molecule has 1 aromatic heterocycles. The lowest BCUT2D eigenvalue weighted by Gasteiger charge is -2.15. The van der Waals surface area contributed by atoms with E-state index in [4.69, 9.17) is 14.2 Å². The van der Waals surface area contributed by atoms with Gasteiger partial charge in [-0.3, -0.25) is 4.57 Å². The Morgan fingerprint density at radius 1 is 1.00 bits per heavy atom. The van der Waals surface area contributed by atoms with Crippen molar-refractivity contribution in [3.63, 3.8) is 0 Å². The quantitative estimate of drug-likeness (QED) is 0.669. The maximum absolute atomic E-state index is 12.5. The molecule has 3 aromatic rings. The Hall–Kier alpha value is -2.95. The molecule has 0 fully saturated rings. The number of carbonyl (C=O) groups is 1. The Morgan fingerprint density at radius 2 is 1.71 bits per heavy atom. The summed E-state index contributed by atoms with van der Waals surface area (Å²) in [4.78, 5) is 12.5. The van der Waals surface area contributed by atoms with Crippen molar-refractivity contribution in [2.45, 2.75) is 6.92 Å². The second kappa shape index (κ2) is 6.66. The molecule has 24 heavy (non-hydrogen) atoms. The maximum Gasteiger partial charge on any atom is 0.355 e. The molecule has 5 nitrogen and oxygen atoms in total. The summed E-state index contributed by atoms with van der Waals surface area (Å²) >= 11 is 0. The molecule has 5 heteroatoms. The van der Waals surface area contributed by atoms with Crippen LogP contribution < -0.4 is 9.47 Å². The summed E-state index contributed by atoms with van der Waals surface area (Å²) in [5.74, 6) is 0.946. The predicted molar refractivity (Wildman–Crippen MR) is 92.3 cm³/mol. The molecule has 0 N–H and O–H groups in total. The summed E-state index contributed by atoms with van der Waals surface area (Å²) in [5.41, 5.74) is 1.98. The van der Waals surface area contributed by atoms with Gasteiger partial charge in [-0.05, 0) is 31.2 Å². The Kier molecular flexibility index (Phi) is 4.42. The minimum Gasteiger partial charge on any atom is -0.495 e. The van der Waals surface area contributed by atoms with Crippen molar-refractivity contribution >= 4 is 16.9 Å². The number of esters is 1. The fraction of sp³-hybridized carbons (Fsp3) is 0.211. The fourth-order valence-corrected chi connectivity index (χ4v) is 2.81. The molecule has 2 aromatic carbocycles. The first kappa shape index (κ1) is 15.9. The average Bonchev–Trinajstić information content (AvgIpc) is 3.01. The van der Waals surface area contributed by atoms with Gasteiger partial charge >= 0.3 is 5.97 Å². The number of hydrogen-bond donors (Lipinski definition) is 0. The van der Waals surface area contributed by atoms with Gasteiger partial charge in [0.15, 0.2) is 0 Å². The number of hydrogen-bond acceptors (Lipinski definition) is 4. The molecule has 0 atom stereocenters. The second-order valence-corrected chi connectivity index (χ2v) is 5.16. The number of ether oxygens (including phenoxy) is 3. The lowest BCUT2D eigenvalue weighted by atomic mass is 10.2. The van der Waals surface area contributed by atoms with Crippen molar-refractivity contribution < 1.29 is 19.0 Å². The molecule has 0 bridgehead atoms. The standard InChI is InChI=1S/C19H19NO4/c1-4-24-19(21)15-12-13-8-7-11-17(23-3)18(13)20(15)14-9-5-6-10-16(14)22-2/h5-12H,4H2,1-3H3. The Bertz CT molecular complexity index is 882. The molecule has 0 aliphatic carbocycles. The van der Waals surface area contributed by atoms with E-state index in [1.165, 1.54) is 0 Å². The number of aromatic nitrogens is 1. The Morgan fingerprint density at radius 3 is 2.42 bits per heavy atom. The van der Waals surface area contributed by atoms with Crippen LogP contribution in [0, 0.1) is 0 Å². The van der Waals surface area contributed by atoms with Crippen LogP contribution >= 0.6 is 0 Å².